The summed E-state index contributed by atoms with van der Waals surface area (Å²) in [4.78, 5) is 0. The van der Waals surface area contributed by atoms with Gasteiger partial charge in [-0.3, -0.25) is 0 Å². The summed E-state index contributed by atoms with van der Waals surface area (Å²) in [5.41, 5.74) is -1.05. The standard InChI is InChI=1S/C16H28O2/c1-2-16(18,14-11-7-4-8-12-14)15(17)13-9-5-3-6-10-13/h2,13-15,17-18H,1,3-12H2. The zero-order chi connectivity index (χ0) is 13.0. The molecular formula is C16H28O2. The van der Waals surface area contributed by atoms with E-state index in [-0.39, 0.29) is 11.8 Å². The summed E-state index contributed by atoms with van der Waals surface area (Å²) in [6, 6.07) is 0. The summed E-state index contributed by atoms with van der Waals surface area (Å²) in [5, 5.41) is 21.5. The molecule has 0 bridgehead atoms. The second-order valence-corrected chi connectivity index (χ2v) is 6.27. The highest BCUT2D eigenvalue weighted by molar-refractivity contribution is 5.07. The largest absolute Gasteiger partial charge is 0.389 e. The molecule has 2 atom stereocenters. The molecule has 0 spiro atoms. The van der Waals surface area contributed by atoms with Crippen LogP contribution in [-0.2, 0) is 0 Å². The molecule has 0 aromatic carbocycles. The summed E-state index contributed by atoms with van der Waals surface area (Å²) in [7, 11) is 0. The lowest BCUT2D eigenvalue weighted by atomic mass is 9.69. The zero-order valence-corrected chi connectivity index (χ0v) is 11.5. The first-order chi connectivity index (χ1) is 8.68. The highest BCUT2D eigenvalue weighted by Crippen LogP contribution is 2.40. The Kier molecular flexibility index (Phi) is 4.85. The van der Waals surface area contributed by atoms with E-state index < -0.39 is 11.7 Å². The van der Waals surface area contributed by atoms with E-state index in [9.17, 15) is 10.2 Å². The molecule has 0 amide bonds. The van der Waals surface area contributed by atoms with Crippen LogP contribution in [0.1, 0.15) is 64.2 Å². The molecule has 2 N–H and O–H groups in total. The van der Waals surface area contributed by atoms with Crippen LogP contribution < -0.4 is 0 Å². The van der Waals surface area contributed by atoms with E-state index in [0.29, 0.717) is 0 Å². The van der Waals surface area contributed by atoms with Crippen molar-refractivity contribution in [3.8, 4) is 0 Å². The van der Waals surface area contributed by atoms with Crippen molar-refractivity contribution in [3.63, 3.8) is 0 Å². The lowest BCUT2D eigenvalue weighted by Crippen LogP contribution is -2.51. The Hall–Kier alpha value is -0.340. The van der Waals surface area contributed by atoms with Gasteiger partial charge in [-0.1, -0.05) is 44.6 Å². The van der Waals surface area contributed by atoms with Gasteiger partial charge in [-0.05, 0) is 37.5 Å². The third-order valence-electron chi connectivity index (χ3n) is 5.16. The van der Waals surface area contributed by atoms with Crippen LogP contribution in [0.15, 0.2) is 12.7 Å². The van der Waals surface area contributed by atoms with Crippen LogP contribution >= 0.6 is 0 Å². The van der Waals surface area contributed by atoms with Crippen LogP contribution in [0.4, 0.5) is 0 Å². The average molecular weight is 252 g/mol. The molecular weight excluding hydrogens is 224 g/mol. The minimum absolute atomic E-state index is 0.209. The van der Waals surface area contributed by atoms with Crippen molar-refractivity contribution < 1.29 is 10.2 Å². The van der Waals surface area contributed by atoms with Gasteiger partial charge in [0.05, 0.1) is 6.10 Å². The first kappa shape index (κ1) is 14.1. The Morgan fingerprint density at radius 1 is 0.944 bits per heavy atom. The van der Waals surface area contributed by atoms with E-state index in [0.717, 1.165) is 25.7 Å². The van der Waals surface area contributed by atoms with Gasteiger partial charge in [-0.15, -0.1) is 6.58 Å². The minimum atomic E-state index is -1.05. The van der Waals surface area contributed by atoms with E-state index in [4.69, 9.17) is 0 Å². The molecule has 2 unspecified atom stereocenters. The van der Waals surface area contributed by atoms with Crippen LogP contribution in [0.5, 0.6) is 0 Å². The second-order valence-electron chi connectivity index (χ2n) is 6.27. The van der Waals surface area contributed by atoms with E-state index in [1.54, 1.807) is 6.08 Å². The predicted octanol–water partition coefficient (Wildman–Crippen LogP) is 3.43. The van der Waals surface area contributed by atoms with Gasteiger partial charge in [-0.25, -0.2) is 0 Å². The van der Waals surface area contributed by atoms with Crippen molar-refractivity contribution in [1.29, 1.82) is 0 Å². The third-order valence-corrected chi connectivity index (χ3v) is 5.16. The maximum atomic E-state index is 10.9. The molecule has 2 heteroatoms. The zero-order valence-electron chi connectivity index (χ0n) is 11.5. The Balaban J connectivity index is 2.06. The summed E-state index contributed by atoms with van der Waals surface area (Å²) in [6.07, 6.45) is 12.5. The van der Waals surface area contributed by atoms with Gasteiger partial charge in [0, 0.05) is 0 Å². The molecule has 2 nitrogen and oxygen atoms in total. The molecule has 0 radical (unpaired) electrons. The maximum Gasteiger partial charge on any atom is 0.111 e. The number of hydrogen-bond donors (Lipinski definition) is 2. The molecule has 2 saturated carbocycles. The van der Waals surface area contributed by atoms with Crippen LogP contribution in [0.3, 0.4) is 0 Å². The van der Waals surface area contributed by atoms with Gasteiger partial charge in [0.15, 0.2) is 0 Å². The van der Waals surface area contributed by atoms with Crippen LogP contribution in [0.25, 0.3) is 0 Å². The topological polar surface area (TPSA) is 40.5 Å². The van der Waals surface area contributed by atoms with Gasteiger partial charge in [0.1, 0.15) is 5.60 Å². The molecule has 0 aromatic rings. The molecule has 2 rings (SSSR count). The Morgan fingerprint density at radius 3 is 1.94 bits per heavy atom. The highest BCUT2D eigenvalue weighted by Gasteiger charge is 2.44. The SMILES string of the molecule is C=CC(O)(C1CCCCC1)C(O)C1CCCCC1. The van der Waals surface area contributed by atoms with Crippen LogP contribution in [0, 0.1) is 11.8 Å². The smallest absolute Gasteiger partial charge is 0.111 e. The number of hydrogen-bond acceptors (Lipinski definition) is 2. The molecule has 2 aliphatic rings. The van der Waals surface area contributed by atoms with E-state index in [2.05, 4.69) is 6.58 Å². The summed E-state index contributed by atoms with van der Waals surface area (Å²) in [6.45, 7) is 3.81. The first-order valence-electron chi connectivity index (χ1n) is 7.72. The van der Waals surface area contributed by atoms with Crippen molar-refractivity contribution >= 4 is 0 Å². The summed E-state index contributed by atoms with van der Waals surface area (Å²) in [5.74, 6) is 0.476. The molecule has 18 heavy (non-hydrogen) atoms. The fourth-order valence-corrected chi connectivity index (χ4v) is 3.92. The minimum Gasteiger partial charge on any atom is -0.389 e. The van der Waals surface area contributed by atoms with E-state index >= 15 is 0 Å². The van der Waals surface area contributed by atoms with Crippen molar-refractivity contribution in [3.05, 3.63) is 12.7 Å². The van der Waals surface area contributed by atoms with Crippen molar-refractivity contribution in [2.45, 2.75) is 75.9 Å². The molecule has 0 heterocycles. The van der Waals surface area contributed by atoms with E-state index in [1.807, 2.05) is 0 Å². The van der Waals surface area contributed by atoms with Crippen LogP contribution in [-0.4, -0.2) is 21.9 Å². The highest BCUT2D eigenvalue weighted by atomic mass is 16.3. The second kappa shape index (κ2) is 6.21. The maximum absolute atomic E-state index is 10.9. The van der Waals surface area contributed by atoms with Gasteiger partial charge in [-0.2, -0.15) is 0 Å². The van der Waals surface area contributed by atoms with Crippen molar-refractivity contribution in [2.24, 2.45) is 11.8 Å². The molecule has 0 aromatic heterocycles. The number of rotatable bonds is 4. The summed E-state index contributed by atoms with van der Waals surface area (Å²) >= 11 is 0. The van der Waals surface area contributed by atoms with Crippen molar-refractivity contribution in [2.75, 3.05) is 0 Å². The molecule has 0 aliphatic heterocycles. The van der Waals surface area contributed by atoms with Gasteiger partial charge in [0.2, 0.25) is 0 Å². The number of aliphatic hydroxyl groups excluding tert-OH is 1. The lowest BCUT2D eigenvalue weighted by molar-refractivity contribution is -0.115. The molecule has 2 fully saturated rings. The van der Waals surface area contributed by atoms with Crippen LogP contribution in [0.2, 0.25) is 0 Å². The quantitative estimate of drug-likeness (QED) is 0.753. The van der Waals surface area contributed by atoms with Gasteiger partial charge < -0.3 is 10.2 Å². The third kappa shape index (κ3) is 2.80. The normalized spacial score (nSPS) is 28.6. The van der Waals surface area contributed by atoms with Crippen molar-refractivity contribution in [1.82, 2.24) is 0 Å². The van der Waals surface area contributed by atoms with Gasteiger partial charge >= 0.3 is 0 Å². The average Bonchev–Trinajstić information content (AvgIpc) is 2.47. The number of aliphatic hydroxyl groups is 2. The van der Waals surface area contributed by atoms with E-state index in [1.165, 1.54) is 38.5 Å². The fourth-order valence-electron chi connectivity index (χ4n) is 3.92. The first-order valence-corrected chi connectivity index (χ1v) is 7.72. The summed E-state index contributed by atoms with van der Waals surface area (Å²) < 4.78 is 0. The molecule has 104 valence electrons. The lowest BCUT2D eigenvalue weighted by Gasteiger charge is -2.43. The Labute approximate surface area is 111 Å². The molecule has 0 saturated heterocycles. The molecule has 2 aliphatic carbocycles. The Morgan fingerprint density at radius 2 is 1.44 bits per heavy atom. The predicted molar refractivity (Wildman–Crippen MR) is 74.3 cm³/mol. The monoisotopic (exact) mass is 252 g/mol. The fraction of sp³-hybridized carbons (Fsp3) is 0.875. The van der Waals surface area contributed by atoms with Gasteiger partial charge in [0.25, 0.3) is 0 Å². The Bertz CT molecular complexity index is 264.